The highest BCUT2D eigenvalue weighted by molar-refractivity contribution is 5.84. The van der Waals surface area contributed by atoms with Gasteiger partial charge in [-0.3, -0.25) is 0 Å². The molecule has 0 aliphatic rings. The fraction of sp³-hybridized carbons (Fsp3) is 0.160. The number of halogens is 3. The van der Waals surface area contributed by atoms with Gasteiger partial charge in [0.05, 0.1) is 16.6 Å². The van der Waals surface area contributed by atoms with Crippen molar-refractivity contribution in [3.05, 3.63) is 89.2 Å². The maximum atomic E-state index is 12.7. The van der Waals surface area contributed by atoms with Gasteiger partial charge in [-0.05, 0) is 58.5 Å². The molecule has 0 unspecified atom stereocenters. The molecule has 30 heavy (non-hydrogen) atoms. The number of benzene rings is 3. The van der Waals surface area contributed by atoms with Crippen LogP contribution in [0.1, 0.15) is 42.3 Å². The molecule has 0 radical (unpaired) electrons. The van der Waals surface area contributed by atoms with Crippen molar-refractivity contribution < 1.29 is 13.2 Å². The maximum absolute atomic E-state index is 12.7. The Bertz CT molecular complexity index is 1200. The number of nitrogens with zero attached hydrogens (tertiary/aromatic N) is 1. The van der Waals surface area contributed by atoms with Crippen LogP contribution in [0.4, 0.5) is 13.2 Å². The predicted octanol–water partition coefficient (Wildman–Crippen LogP) is 7.54. The number of fused-ring (bicyclic) bond motifs is 1. The van der Waals surface area contributed by atoms with E-state index in [0.717, 1.165) is 28.7 Å². The van der Waals surface area contributed by atoms with Crippen LogP contribution in [0, 0.1) is 0 Å². The third-order valence-electron chi connectivity index (χ3n) is 5.07. The minimum absolute atomic E-state index is 0.417. The Morgan fingerprint density at radius 3 is 2.33 bits per heavy atom. The van der Waals surface area contributed by atoms with Crippen LogP contribution < -0.4 is 0 Å². The summed E-state index contributed by atoms with van der Waals surface area (Å²) in [5.41, 5.74) is 5.39. The predicted molar refractivity (Wildman–Crippen MR) is 116 cm³/mol. The van der Waals surface area contributed by atoms with Crippen molar-refractivity contribution in [1.29, 1.82) is 0 Å². The van der Waals surface area contributed by atoms with Crippen molar-refractivity contribution in [3.63, 3.8) is 0 Å². The van der Waals surface area contributed by atoms with E-state index in [1.54, 1.807) is 12.2 Å². The van der Waals surface area contributed by atoms with Crippen LogP contribution in [0.25, 0.3) is 34.3 Å². The fourth-order valence-electron chi connectivity index (χ4n) is 3.50. The summed E-state index contributed by atoms with van der Waals surface area (Å²) in [4.78, 5) is 7.84. The van der Waals surface area contributed by atoms with Crippen LogP contribution in [-0.2, 0) is 6.18 Å². The molecule has 1 aromatic heterocycles. The molecule has 0 spiro atoms. The molecule has 152 valence electrons. The lowest BCUT2D eigenvalue weighted by Gasteiger charge is -2.12. The first-order valence-corrected chi connectivity index (χ1v) is 9.75. The fourth-order valence-corrected chi connectivity index (χ4v) is 3.50. The van der Waals surface area contributed by atoms with Gasteiger partial charge in [0.1, 0.15) is 5.82 Å². The standard InChI is InChI=1S/C25H21F3N2/c1-16(2)20-5-3-4-6-21(20)18-10-13-22-23(15-18)30-24(29-22)14-9-17-7-11-19(12-8-17)25(26,27)28/h3-16H,1-2H3,(H,29,30)/b14-9+. The highest BCUT2D eigenvalue weighted by atomic mass is 19.4. The first kappa shape index (κ1) is 20.0. The van der Waals surface area contributed by atoms with E-state index in [0.29, 0.717) is 17.3 Å². The van der Waals surface area contributed by atoms with Crippen molar-refractivity contribution in [1.82, 2.24) is 9.97 Å². The quantitative estimate of drug-likeness (QED) is 0.372. The average Bonchev–Trinajstić information content (AvgIpc) is 3.14. The summed E-state index contributed by atoms with van der Waals surface area (Å²) < 4.78 is 38.0. The summed E-state index contributed by atoms with van der Waals surface area (Å²) in [7, 11) is 0. The second-order valence-corrected chi connectivity index (χ2v) is 7.55. The molecular formula is C25H21F3N2. The molecule has 0 aliphatic heterocycles. The third kappa shape index (κ3) is 4.15. The Labute approximate surface area is 173 Å². The number of hydrogen-bond donors (Lipinski definition) is 1. The molecule has 0 fully saturated rings. The second-order valence-electron chi connectivity index (χ2n) is 7.55. The molecule has 1 heterocycles. The van der Waals surface area contributed by atoms with E-state index < -0.39 is 11.7 Å². The van der Waals surface area contributed by atoms with E-state index >= 15 is 0 Å². The minimum Gasteiger partial charge on any atom is -0.338 e. The molecule has 0 bridgehead atoms. The molecule has 4 aromatic rings. The zero-order valence-electron chi connectivity index (χ0n) is 16.7. The van der Waals surface area contributed by atoms with Gasteiger partial charge in [0.2, 0.25) is 0 Å². The van der Waals surface area contributed by atoms with Gasteiger partial charge >= 0.3 is 6.18 Å². The van der Waals surface area contributed by atoms with Gasteiger partial charge in [0.15, 0.2) is 0 Å². The van der Waals surface area contributed by atoms with Gasteiger partial charge < -0.3 is 4.98 Å². The highest BCUT2D eigenvalue weighted by Gasteiger charge is 2.29. The third-order valence-corrected chi connectivity index (χ3v) is 5.07. The normalized spacial score (nSPS) is 12.3. The van der Waals surface area contributed by atoms with Crippen molar-refractivity contribution in [3.8, 4) is 11.1 Å². The smallest absolute Gasteiger partial charge is 0.338 e. The minimum atomic E-state index is -4.33. The molecule has 0 aliphatic carbocycles. The molecule has 0 amide bonds. The highest BCUT2D eigenvalue weighted by Crippen LogP contribution is 2.31. The molecular weight excluding hydrogens is 385 g/mol. The van der Waals surface area contributed by atoms with Crippen LogP contribution in [-0.4, -0.2) is 9.97 Å². The van der Waals surface area contributed by atoms with Crippen molar-refractivity contribution in [2.24, 2.45) is 0 Å². The van der Waals surface area contributed by atoms with E-state index in [9.17, 15) is 13.2 Å². The van der Waals surface area contributed by atoms with Crippen LogP contribution >= 0.6 is 0 Å². The van der Waals surface area contributed by atoms with Crippen LogP contribution in [0.3, 0.4) is 0 Å². The molecule has 1 N–H and O–H groups in total. The first-order chi connectivity index (χ1) is 14.3. The van der Waals surface area contributed by atoms with Crippen LogP contribution in [0.5, 0.6) is 0 Å². The zero-order chi connectivity index (χ0) is 21.3. The summed E-state index contributed by atoms with van der Waals surface area (Å²) >= 11 is 0. The second kappa shape index (κ2) is 7.82. The Kier molecular flexibility index (Phi) is 5.20. The lowest BCUT2D eigenvalue weighted by Crippen LogP contribution is -2.03. The van der Waals surface area contributed by atoms with E-state index in [1.165, 1.54) is 23.3 Å². The van der Waals surface area contributed by atoms with Gasteiger partial charge in [0.25, 0.3) is 0 Å². The zero-order valence-corrected chi connectivity index (χ0v) is 16.7. The number of aromatic nitrogens is 2. The number of hydrogen-bond acceptors (Lipinski definition) is 1. The largest absolute Gasteiger partial charge is 0.416 e. The maximum Gasteiger partial charge on any atom is 0.416 e. The number of nitrogens with one attached hydrogen (secondary N) is 1. The van der Waals surface area contributed by atoms with E-state index in [-0.39, 0.29) is 0 Å². The topological polar surface area (TPSA) is 28.7 Å². The summed E-state index contributed by atoms with van der Waals surface area (Å²) in [5.74, 6) is 1.07. The van der Waals surface area contributed by atoms with Crippen molar-refractivity contribution in [2.45, 2.75) is 25.9 Å². The average molecular weight is 406 g/mol. The molecule has 0 saturated heterocycles. The van der Waals surface area contributed by atoms with Gasteiger partial charge in [-0.1, -0.05) is 62.4 Å². The number of rotatable bonds is 4. The van der Waals surface area contributed by atoms with Crippen molar-refractivity contribution >= 4 is 23.2 Å². The Balaban J connectivity index is 1.61. The molecule has 0 atom stereocenters. The molecule has 2 nitrogen and oxygen atoms in total. The lowest BCUT2D eigenvalue weighted by molar-refractivity contribution is -0.137. The number of alkyl halides is 3. The Hall–Kier alpha value is -3.34. The van der Waals surface area contributed by atoms with E-state index in [4.69, 9.17) is 0 Å². The van der Waals surface area contributed by atoms with Gasteiger partial charge in [-0.2, -0.15) is 13.2 Å². The van der Waals surface area contributed by atoms with Crippen LogP contribution in [0.15, 0.2) is 66.7 Å². The van der Waals surface area contributed by atoms with E-state index in [1.807, 2.05) is 12.1 Å². The summed E-state index contributed by atoms with van der Waals surface area (Å²) in [6.45, 7) is 4.36. The van der Waals surface area contributed by atoms with Crippen molar-refractivity contribution in [2.75, 3.05) is 0 Å². The number of imidazole rings is 1. The monoisotopic (exact) mass is 406 g/mol. The molecule has 3 aromatic carbocycles. The first-order valence-electron chi connectivity index (χ1n) is 9.75. The SMILES string of the molecule is CC(C)c1ccccc1-c1ccc2nc(/C=C/c3ccc(C(F)(F)F)cc3)[nH]c2c1. The lowest BCUT2D eigenvalue weighted by atomic mass is 9.92. The molecule has 0 saturated carbocycles. The summed E-state index contributed by atoms with van der Waals surface area (Å²) in [6, 6.07) is 19.5. The number of H-pyrrole nitrogens is 1. The summed E-state index contributed by atoms with van der Waals surface area (Å²) in [6.07, 6.45) is -0.815. The summed E-state index contributed by atoms with van der Waals surface area (Å²) in [5, 5.41) is 0. The van der Waals surface area contributed by atoms with Gasteiger partial charge in [-0.25, -0.2) is 4.98 Å². The number of aromatic amines is 1. The Morgan fingerprint density at radius 1 is 0.900 bits per heavy atom. The van der Waals surface area contributed by atoms with Gasteiger partial charge in [-0.15, -0.1) is 0 Å². The van der Waals surface area contributed by atoms with E-state index in [2.05, 4.69) is 54.1 Å². The Morgan fingerprint density at radius 2 is 1.63 bits per heavy atom. The van der Waals surface area contributed by atoms with Crippen LogP contribution in [0.2, 0.25) is 0 Å². The molecule has 5 heteroatoms. The molecule has 4 rings (SSSR count). The van der Waals surface area contributed by atoms with Gasteiger partial charge in [0, 0.05) is 0 Å².